The van der Waals surface area contributed by atoms with Gasteiger partial charge in [0.15, 0.2) is 0 Å². The zero-order valence-corrected chi connectivity index (χ0v) is 9.82. The summed E-state index contributed by atoms with van der Waals surface area (Å²) in [6.45, 7) is 4.71. The van der Waals surface area contributed by atoms with Crippen molar-refractivity contribution in [3.63, 3.8) is 0 Å². The molecule has 0 aromatic heterocycles. The smallest absolute Gasteiger partial charge is 0.410 e. The molecule has 1 N–H and O–H groups in total. The Bertz CT molecular complexity index is 261. The van der Waals surface area contributed by atoms with E-state index in [9.17, 15) is 9.90 Å². The molecule has 80 valence electrons. The third-order valence-corrected chi connectivity index (χ3v) is 4.89. The first-order valence-corrected chi connectivity index (χ1v) is 5.69. The van der Waals surface area contributed by atoms with Crippen molar-refractivity contribution >= 4 is 22.0 Å². The Kier molecular flexibility index (Phi) is 2.27. The highest BCUT2D eigenvalue weighted by molar-refractivity contribution is 9.09. The van der Waals surface area contributed by atoms with Gasteiger partial charge in [-0.05, 0) is 6.92 Å². The minimum Gasteiger partial charge on any atom is -0.450 e. The average molecular weight is 264 g/mol. The van der Waals surface area contributed by atoms with Crippen molar-refractivity contribution in [3.8, 4) is 0 Å². The van der Waals surface area contributed by atoms with Crippen LogP contribution in [0.4, 0.5) is 4.79 Å². The van der Waals surface area contributed by atoms with Crippen LogP contribution in [0.5, 0.6) is 0 Å². The predicted octanol–water partition coefficient (Wildman–Crippen LogP) is 0.971. The highest BCUT2D eigenvalue weighted by Crippen LogP contribution is 2.55. The summed E-state index contributed by atoms with van der Waals surface area (Å²) in [5, 5.41) is 9.79. The fraction of sp³-hybridized carbons (Fsp3) is 0.889. The van der Waals surface area contributed by atoms with Crippen molar-refractivity contribution in [1.82, 2.24) is 4.90 Å². The Morgan fingerprint density at radius 2 is 2.43 bits per heavy atom. The van der Waals surface area contributed by atoms with Gasteiger partial charge in [0.25, 0.3) is 0 Å². The molecular weight excluding hydrogens is 250 g/mol. The zero-order valence-electron chi connectivity index (χ0n) is 8.24. The molecule has 2 aliphatic heterocycles. The van der Waals surface area contributed by atoms with Crippen LogP contribution in [0, 0.1) is 5.41 Å². The van der Waals surface area contributed by atoms with Gasteiger partial charge < -0.3 is 14.7 Å². The van der Waals surface area contributed by atoms with Gasteiger partial charge >= 0.3 is 6.09 Å². The number of hydrogen-bond donors (Lipinski definition) is 1. The van der Waals surface area contributed by atoms with Crippen molar-refractivity contribution in [1.29, 1.82) is 0 Å². The maximum Gasteiger partial charge on any atom is 0.410 e. The molecule has 1 saturated carbocycles. The van der Waals surface area contributed by atoms with E-state index in [2.05, 4.69) is 15.9 Å². The summed E-state index contributed by atoms with van der Waals surface area (Å²) in [5.41, 5.74) is -0.197. The molecule has 3 aliphatic rings. The van der Waals surface area contributed by atoms with Crippen molar-refractivity contribution in [3.05, 3.63) is 0 Å². The molecule has 0 aromatic carbocycles. The third-order valence-electron chi connectivity index (χ3n) is 3.30. The van der Waals surface area contributed by atoms with Gasteiger partial charge in [-0.15, -0.1) is 0 Å². The second-order valence-corrected chi connectivity index (χ2v) is 5.16. The highest BCUT2D eigenvalue weighted by Gasteiger charge is 2.68. The molecule has 4 atom stereocenters. The molecule has 0 radical (unpaired) electrons. The second-order valence-electron chi connectivity index (χ2n) is 4.17. The standard InChI is InChI=1S/C9H14BrNO3/c1-3-14-8(13)11-4-9(2)6(10)5(11)7(9)12/h5-7,12H,3-4H2,1-2H3/t5-,6-,7+,9+/m0/s1. The molecule has 1 amide bonds. The van der Waals surface area contributed by atoms with E-state index in [-0.39, 0.29) is 22.4 Å². The Morgan fingerprint density at radius 1 is 1.79 bits per heavy atom. The monoisotopic (exact) mass is 263 g/mol. The van der Waals surface area contributed by atoms with E-state index in [4.69, 9.17) is 4.74 Å². The van der Waals surface area contributed by atoms with Crippen LogP contribution in [0.15, 0.2) is 0 Å². The van der Waals surface area contributed by atoms with Crippen LogP contribution in [-0.2, 0) is 4.74 Å². The number of aliphatic hydroxyl groups is 1. The van der Waals surface area contributed by atoms with E-state index < -0.39 is 6.10 Å². The minimum absolute atomic E-state index is 0.112. The molecule has 14 heavy (non-hydrogen) atoms. The number of halogens is 1. The summed E-state index contributed by atoms with van der Waals surface area (Å²) in [6.07, 6.45) is -0.737. The highest BCUT2D eigenvalue weighted by atomic mass is 79.9. The first-order valence-electron chi connectivity index (χ1n) is 4.78. The topological polar surface area (TPSA) is 49.8 Å². The summed E-state index contributed by atoms with van der Waals surface area (Å²) >= 11 is 3.50. The summed E-state index contributed by atoms with van der Waals surface area (Å²) in [7, 11) is 0. The summed E-state index contributed by atoms with van der Waals surface area (Å²) in [5.74, 6) is 0. The number of carbonyl (C=O) groups is 1. The normalized spacial score (nSPS) is 44.9. The Labute approximate surface area is 91.3 Å². The van der Waals surface area contributed by atoms with Gasteiger partial charge in [-0.25, -0.2) is 4.79 Å². The Morgan fingerprint density at radius 3 is 2.79 bits per heavy atom. The van der Waals surface area contributed by atoms with Crippen LogP contribution < -0.4 is 0 Å². The molecule has 3 rings (SSSR count). The van der Waals surface area contributed by atoms with E-state index in [1.54, 1.807) is 11.8 Å². The van der Waals surface area contributed by atoms with Crippen LogP contribution in [0.3, 0.4) is 0 Å². The lowest BCUT2D eigenvalue weighted by molar-refractivity contribution is -0.0226. The maximum atomic E-state index is 11.5. The van der Waals surface area contributed by atoms with Crippen LogP contribution in [0.25, 0.3) is 0 Å². The van der Waals surface area contributed by atoms with Crippen LogP contribution in [0.2, 0.25) is 0 Å². The lowest BCUT2D eigenvalue weighted by atomic mass is 9.69. The largest absolute Gasteiger partial charge is 0.450 e. The first kappa shape index (κ1) is 10.2. The number of fused-ring (bicyclic) bond motifs is 1. The van der Waals surface area contributed by atoms with Gasteiger partial charge in [-0.1, -0.05) is 22.9 Å². The van der Waals surface area contributed by atoms with E-state index in [0.717, 1.165) is 0 Å². The Hall–Kier alpha value is -0.290. The van der Waals surface area contributed by atoms with Crippen molar-refractivity contribution < 1.29 is 14.6 Å². The van der Waals surface area contributed by atoms with Gasteiger partial charge in [0.1, 0.15) is 0 Å². The summed E-state index contributed by atoms with van der Waals surface area (Å²) in [4.78, 5) is 13.3. The number of rotatable bonds is 1. The fourth-order valence-corrected chi connectivity index (χ4v) is 3.35. The van der Waals surface area contributed by atoms with Gasteiger partial charge in [0.2, 0.25) is 0 Å². The molecule has 0 unspecified atom stereocenters. The third kappa shape index (κ3) is 1.05. The quantitative estimate of drug-likeness (QED) is 0.718. The summed E-state index contributed by atoms with van der Waals surface area (Å²) in [6, 6.07) is -0.112. The average Bonchev–Trinajstić information content (AvgIpc) is 2.57. The molecule has 1 aliphatic carbocycles. The number of ether oxygens (including phenoxy) is 1. The fourth-order valence-electron chi connectivity index (χ4n) is 2.36. The van der Waals surface area contributed by atoms with E-state index in [1.807, 2.05) is 6.92 Å². The lowest BCUT2D eigenvalue weighted by Crippen LogP contribution is -2.60. The van der Waals surface area contributed by atoms with Gasteiger partial charge in [-0.2, -0.15) is 0 Å². The number of nitrogens with zero attached hydrogens (tertiary/aromatic N) is 1. The lowest BCUT2D eigenvalue weighted by Gasteiger charge is -2.45. The molecule has 4 nitrogen and oxygen atoms in total. The van der Waals surface area contributed by atoms with Crippen molar-refractivity contribution in [2.24, 2.45) is 5.41 Å². The van der Waals surface area contributed by atoms with Crippen LogP contribution >= 0.6 is 15.9 Å². The van der Waals surface area contributed by atoms with Gasteiger partial charge in [-0.3, -0.25) is 0 Å². The van der Waals surface area contributed by atoms with Crippen molar-refractivity contribution in [2.45, 2.75) is 30.8 Å². The van der Waals surface area contributed by atoms with Gasteiger partial charge in [0, 0.05) is 16.8 Å². The number of hydrogen-bond acceptors (Lipinski definition) is 3. The molecule has 2 heterocycles. The molecule has 2 bridgehead atoms. The summed E-state index contributed by atoms with van der Waals surface area (Å²) < 4.78 is 4.92. The molecule has 5 heteroatoms. The molecule has 0 aromatic rings. The molecule has 3 fully saturated rings. The second kappa shape index (κ2) is 3.10. The molecule has 0 spiro atoms. The SMILES string of the molecule is CCOC(=O)N1C[C@@]2(C)[C@H](O)[C@@H]1[C@@H]2Br. The van der Waals surface area contributed by atoms with E-state index >= 15 is 0 Å². The molecule has 2 saturated heterocycles. The Balaban J connectivity index is 2.09. The number of carbonyl (C=O) groups excluding carboxylic acids is 1. The van der Waals surface area contributed by atoms with Gasteiger partial charge in [0.05, 0.1) is 18.8 Å². The number of aliphatic hydroxyl groups excluding tert-OH is 1. The van der Waals surface area contributed by atoms with Crippen LogP contribution in [0.1, 0.15) is 13.8 Å². The minimum atomic E-state index is -0.420. The van der Waals surface area contributed by atoms with Crippen LogP contribution in [-0.4, -0.2) is 46.2 Å². The van der Waals surface area contributed by atoms with E-state index in [1.165, 1.54) is 0 Å². The van der Waals surface area contributed by atoms with E-state index in [0.29, 0.717) is 13.2 Å². The first-order chi connectivity index (χ1) is 6.52. The predicted molar refractivity (Wildman–Crippen MR) is 54.3 cm³/mol. The molecular formula is C9H14BrNO3. The maximum absolute atomic E-state index is 11.5. The number of alkyl halides is 1. The number of amides is 1. The van der Waals surface area contributed by atoms with Crippen molar-refractivity contribution in [2.75, 3.05) is 13.2 Å². The zero-order chi connectivity index (χ0) is 10.5.